The fourth-order valence-electron chi connectivity index (χ4n) is 4.13. The van der Waals surface area contributed by atoms with Gasteiger partial charge in [-0.05, 0) is 44.4 Å². The molecule has 4 aromatic heterocycles. The molecule has 4 aromatic rings. The zero-order chi connectivity index (χ0) is 19.3. The zero-order valence-electron chi connectivity index (χ0n) is 15.7. The van der Waals surface area contributed by atoms with E-state index in [1.807, 2.05) is 30.7 Å². The van der Waals surface area contributed by atoms with Crippen LogP contribution in [0.5, 0.6) is 0 Å². The summed E-state index contributed by atoms with van der Waals surface area (Å²) >= 11 is 0. The van der Waals surface area contributed by atoms with Crippen molar-refractivity contribution < 1.29 is 5.11 Å². The van der Waals surface area contributed by atoms with Crippen LogP contribution in [0.25, 0.3) is 27.8 Å². The van der Waals surface area contributed by atoms with Crippen molar-refractivity contribution in [1.82, 2.24) is 34.9 Å². The van der Waals surface area contributed by atoms with Gasteiger partial charge in [0, 0.05) is 41.1 Å². The van der Waals surface area contributed by atoms with Gasteiger partial charge in [0.2, 0.25) is 5.95 Å². The highest BCUT2D eigenvalue weighted by atomic mass is 16.3. The van der Waals surface area contributed by atoms with E-state index in [0.717, 1.165) is 40.6 Å². The van der Waals surface area contributed by atoms with Gasteiger partial charge in [-0.15, -0.1) is 0 Å². The molecule has 1 unspecified atom stereocenters. The first-order valence-corrected chi connectivity index (χ1v) is 9.35. The van der Waals surface area contributed by atoms with Crippen molar-refractivity contribution in [3.63, 3.8) is 0 Å². The van der Waals surface area contributed by atoms with Crippen LogP contribution < -0.4 is 10.6 Å². The topological polar surface area (TPSA) is 116 Å². The molecule has 0 bridgehead atoms. The predicted molar refractivity (Wildman–Crippen MR) is 106 cm³/mol. The summed E-state index contributed by atoms with van der Waals surface area (Å²) in [4.78, 5) is 16.6. The third kappa shape index (κ3) is 2.98. The first-order chi connectivity index (χ1) is 13.5. The van der Waals surface area contributed by atoms with Crippen LogP contribution in [0.1, 0.15) is 26.7 Å². The monoisotopic (exact) mass is 378 g/mol. The van der Waals surface area contributed by atoms with Crippen LogP contribution in [0.2, 0.25) is 0 Å². The second kappa shape index (κ2) is 6.25. The van der Waals surface area contributed by atoms with Gasteiger partial charge < -0.3 is 15.4 Å². The highest BCUT2D eigenvalue weighted by Gasteiger charge is 2.41. The minimum absolute atomic E-state index is 0.0458. The van der Waals surface area contributed by atoms with Crippen LogP contribution in [-0.4, -0.2) is 52.5 Å². The molecule has 4 heterocycles. The fourth-order valence-corrected chi connectivity index (χ4v) is 4.13. The summed E-state index contributed by atoms with van der Waals surface area (Å²) in [6.07, 6.45) is 8.53. The summed E-state index contributed by atoms with van der Waals surface area (Å²) in [6, 6.07) is 4.28. The first kappa shape index (κ1) is 17.1. The minimum Gasteiger partial charge on any atom is -0.379 e. The second-order valence-electron chi connectivity index (χ2n) is 7.77. The highest BCUT2D eigenvalue weighted by molar-refractivity contribution is 5.93. The minimum atomic E-state index is -0.507. The molecule has 1 fully saturated rings. The molecule has 0 amide bonds. The summed E-state index contributed by atoms with van der Waals surface area (Å²) in [5.74, 6) is 0.609. The van der Waals surface area contributed by atoms with Crippen LogP contribution in [-0.2, 0) is 0 Å². The van der Waals surface area contributed by atoms with Crippen LogP contribution in [0.15, 0.2) is 37.1 Å². The van der Waals surface area contributed by atoms with Crippen molar-refractivity contribution >= 4 is 22.6 Å². The number of anilines is 1. The molecule has 9 nitrogen and oxygen atoms in total. The van der Waals surface area contributed by atoms with E-state index in [4.69, 9.17) is 0 Å². The molecule has 0 saturated heterocycles. The van der Waals surface area contributed by atoms with Crippen LogP contribution in [0.4, 0.5) is 5.95 Å². The number of H-pyrrole nitrogens is 1. The molecule has 0 spiro atoms. The third-order valence-corrected chi connectivity index (χ3v) is 5.31. The summed E-state index contributed by atoms with van der Waals surface area (Å²) in [5.41, 5.74) is 3.61. The molecule has 1 saturated carbocycles. The SMILES string of the molecule is CC(O)N[C@]1(C)C[C@@H](Nc2ncc3c(-c4ccn5ncnc5c4)c[nH]c3n2)C1. The van der Waals surface area contributed by atoms with Gasteiger partial charge in [-0.2, -0.15) is 10.1 Å². The third-order valence-electron chi connectivity index (χ3n) is 5.31. The van der Waals surface area contributed by atoms with Gasteiger partial charge in [-0.1, -0.05) is 0 Å². The van der Waals surface area contributed by atoms with Gasteiger partial charge in [0.1, 0.15) is 18.2 Å². The molecule has 1 atom stereocenters. The largest absolute Gasteiger partial charge is 0.379 e. The van der Waals surface area contributed by atoms with E-state index in [1.165, 1.54) is 6.33 Å². The first-order valence-electron chi connectivity index (χ1n) is 9.35. The van der Waals surface area contributed by atoms with Crippen molar-refractivity contribution in [2.45, 2.75) is 44.5 Å². The lowest BCUT2D eigenvalue weighted by atomic mass is 9.74. The van der Waals surface area contributed by atoms with E-state index >= 15 is 0 Å². The number of pyridine rings is 1. The van der Waals surface area contributed by atoms with E-state index < -0.39 is 6.23 Å². The van der Waals surface area contributed by atoms with Crippen LogP contribution in [0, 0.1) is 0 Å². The normalized spacial score (nSPS) is 23.0. The van der Waals surface area contributed by atoms with Crippen LogP contribution in [0.3, 0.4) is 0 Å². The molecule has 5 rings (SSSR count). The molecule has 4 N–H and O–H groups in total. The highest BCUT2D eigenvalue weighted by Crippen LogP contribution is 2.34. The number of nitrogens with zero attached hydrogens (tertiary/aromatic N) is 5. The molecular weight excluding hydrogens is 356 g/mol. The Hall–Kier alpha value is -3.04. The quantitative estimate of drug-likeness (QED) is 0.392. The Morgan fingerprint density at radius 1 is 1.36 bits per heavy atom. The van der Waals surface area contributed by atoms with Gasteiger partial charge in [-0.25, -0.2) is 14.5 Å². The number of aromatic nitrogens is 6. The lowest BCUT2D eigenvalue weighted by Gasteiger charge is -2.46. The van der Waals surface area contributed by atoms with Crippen molar-refractivity contribution in [1.29, 1.82) is 0 Å². The predicted octanol–water partition coefficient (Wildman–Crippen LogP) is 1.93. The Bertz CT molecular complexity index is 1140. The molecular formula is C19H22N8O. The van der Waals surface area contributed by atoms with Crippen molar-refractivity contribution in [2.24, 2.45) is 0 Å². The number of aliphatic hydroxyl groups excluding tert-OH is 1. The molecule has 1 aliphatic carbocycles. The van der Waals surface area contributed by atoms with E-state index in [0.29, 0.717) is 12.0 Å². The van der Waals surface area contributed by atoms with Crippen molar-refractivity contribution in [3.05, 3.63) is 37.1 Å². The van der Waals surface area contributed by atoms with Gasteiger partial charge in [0.25, 0.3) is 0 Å². The van der Waals surface area contributed by atoms with E-state index in [-0.39, 0.29) is 5.54 Å². The number of fused-ring (bicyclic) bond motifs is 2. The fraction of sp³-hybridized carbons (Fsp3) is 0.368. The van der Waals surface area contributed by atoms with Crippen molar-refractivity contribution in [3.8, 4) is 11.1 Å². The maximum Gasteiger partial charge on any atom is 0.224 e. The maximum atomic E-state index is 9.52. The number of rotatable bonds is 5. The number of hydrogen-bond acceptors (Lipinski definition) is 7. The van der Waals surface area contributed by atoms with E-state index in [1.54, 1.807) is 11.4 Å². The summed E-state index contributed by atoms with van der Waals surface area (Å²) < 4.78 is 1.73. The van der Waals surface area contributed by atoms with Gasteiger partial charge >= 0.3 is 0 Å². The molecule has 9 heteroatoms. The Morgan fingerprint density at radius 2 is 2.21 bits per heavy atom. The summed E-state index contributed by atoms with van der Waals surface area (Å²) in [7, 11) is 0. The second-order valence-corrected chi connectivity index (χ2v) is 7.77. The molecule has 1 aliphatic rings. The number of aromatic amines is 1. The smallest absolute Gasteiger partial charge is 0.224 e. The number of hydrogen-bond donors (Lipinski definition) is 4. The lowest BCUT2D eigenvalue weighted by Crippen LogP contribution is -2.60. The molecule has 0 aliphatic heterocycles. The average molecular weight is 378 g/mol. The Labute approximate surface area is 161 Å². The molecule has 0 aromatic carbocycles. The summed E-state index contributed by atoms with van der Waals surface area (Å²) in [6.45, 7) is 3.86. The van der Waals surface area contributed by atoms with Crippen molar-refractivity contribution in [2.75, 3.05) is 5.32 Å². The number of nitrogens with one attached hydrogen (secondary N) is 3. The van der Waals surface area contributed by atoms with Gasteiger partial charge in [-0.3, -0.25) is 5.32 Å². The Kier molecular flexibility index (Phi) is 3.81. The maximum absolute atomic E-state index is 9.52. The Morgan fingerprint density at radius 3 is 3.04 bits per heavy atom. The van der Waals surface area contributed by atoms with E-state index in [2.05, 4.69) is 42.6 Å². The summed E-state index contributed by atoms with van der Waals surface area (Å²) in [5, 5.41) is 21.2. The van der Waals surface area contributed by atoms with E-state index in [9.17, 15) is 5.11 Å². The molecule has 0 radical (unpaired) electrons. The Balaban J connectivity index is 1.35. The number of aliphatic hydroxyl groups is 1. The lowest BCUT2D eigenvalue weighted by molar-refractivity contribution is 0.0692. The molecule has 144 valence electrons. The zero-order valence-corrected chi connectivity index (χ0v) is 15.7. The van der Waals surface area contributed by atoms with Gasteiger partial charge in [0.15, 0.2) is 5.65 Å². The standard InChI is InChI=1S/C19H22N8O/c1-11(28)26-19(2)6-13(7-19)24-18-21-9-15-14(8-20-17(15)25-18)12-3-4-27-16(5-12)22-10-23-27/h3-5,8-11,13,26,28H,6-7H2,1-2H3,(H2,20,21,24,25)/t11?,13-,19-. The average Bonchev–Trinajstić information content (AvgIpc) is 3.25. The van der Waals surface area contributed by atoms with Crippen LogP contribution >= 0.6 is 0 Å². The molecule has 28 heavy (non-hydrogen) atoms. The van der Waals surface area contributed by atoms with Gasteiger partial charge in [0.05, 0.1) is 0 Å².